The summed E-state index contributed by atoms with van der Waals surface area (Å²) in [6, 6.07) is 5.31. The van der Waals surface area contributed by atoms with E-state index in [1.165, 1.54) is 12.3 Å². The molecule has 0 unspecified atom stereocenters. The van der Waals surface area contributed by atoms with Gasteiger partial charge in [-0.05, 0) is 59.1 Å². The Kier molecular flexibility index (Phi) is 3.30. The van der Waals surface area contributed by atoms with Gasteiger partial charge < -0.3 is 9.73 Å². The van der Waals surface area contributed by atoms with Crippen LogP contribution in [-0.4, -0.2) is 11.0 Å². The lowest BCUT2D eigenvalue weighted by molar-refractivity contribution is -0.115. The van der Waals surface area contributed by atoms with Crippen molar-refractivity contribution >= 4 is 62.9 Å². The molecule has 20 heavy (non-hydrogen) atoms. The van der Waals surface area contributed by atoms with E-state index in [9.17, 15) is 9.59 Å². The zero-order valence-corrected chi connectivity index (χ0v) is 12.9. The van der Waals surface area contributed by atoms with Crippen molar-refractivity contribution in [3.05, 3.63) is 49.5 Å². The number of carbonyl (C=O) groups excluding carboxylic acids is 1. The monoisotopic (exact) mass is 398 g/mol. The number of carbonyl (C=O) groups is 1. The lowest BCUT2D eigenvalue weighted by Gasteiger charge is -2.00. The molecular formula is C13H7IN2O3S. The van der Waals surface area contributed by atoms with Gasteiger partial charge in [0, 0.05) is 3.57 Å². The van der Waals surface area contributed by atoms with Gasteiger partial charge in [0.15, 0.2) is 10.5 Å². The van der Waals surface area contributed by atoms with Crippen LogP contribution in [0.2, 0.25) is 0 Å². The van der Waals surface area contributed by atoms with Gasteiger partial charge in [-0.2, -0.15) is 0 Å². The fraction of sp³-hybridized carbons (Fsp3) is 0. The number of nitrogens with one attached hydrogen (secondary N) is 2. The van der Waals surface area contributed by atoms with Gasteiger partial charge in [-0.1, -0.05) is 0 Å². The fourth-order valence-corrected chi connectivity index (χ4v) is 2.52. The molecule has 0 bridgehead atoms. The van der Waals surface area contributed by atoms with E-state index in [0.29, 0.717) is 16.5 Å². The Hall–Kier alpha value is -1.74. The Morgan fingerprint density at radius 1 is 1.25 bits per heavy atom. The van der Waals surface area contributed by atoms with Crippen molar-refractivity contribution in [3.63, 3.8) is 0 Å². The van der Waals surface area contributed by atoms with Crippen molar-refractivity contribution in [2.24, 2.45) is 0 Å². The number of halogens is 1. The average molecular weight is 398 g/mol. The van der Waals surface area contributed by atoms with E-state index in [4.69, 9.17) is 16.6 Å². The third kappa shape index (κ3) is 2.34. The van der Waals surface area contributed by atoms with E-state index in [1.54, 1.807) is 12.1 Å². The van der Waals surface area contributed by atoms with Crippen LogP contribution in [-0.2, 0) is 4.79 Å². The van der Waals surface area contributed by atoms with Crippen molar-refractivity contribution in [2.75, 3.05) is 0 Å². The molecule has 2 N–H and O–H groups in total. The van der Waals surface area contributed by atoms with Gasteiger partial charge in [0.1, 0.15) is 17.5 Å². The Morgan fingerprint density at radius 3 is 2.75 bits per heavy atom. The molecule has 5 nitrogen and oxygen atoms in total. The molecule has 1 aliphatic heterocycles. The predicted octanol–water partition coefficient (Wildman–Crippen LogP) is 1.74. The number of amides is 1. The fourth-order valence-electron chi connectivity index (χ4n) is 1.85. The minimum absolute atomic E-state index is 0.192. The van der Waals surface area contributed by atoms with Gasteiger partial charge in [-0.15, -0.1) is 0 Å². The summed E-state index contributed by atoms with van der Waals surface area (Å²) in [5, 5.41) is 5.81. The van der Waals surface area contributed by atoms with E-state index in [1.807, 2.05) is 6.07 Å². The highest BCUT2D eigenvalue weighted by Crippen LogP contribution is 2.16. The van der Waals surface area contributed by atoms with E-state index in [-0.39, 0.29) is 22.1 Å². The molecule has 3 rings (SSSR count). The van der Waals surface area contributed by atoms with Crippen LogP contribution < -0.4 is 16.1 Å². The summed E-state index contributed by atoms with van der Waals surface area (Å²) in [4.78, 5) is 23.9. The van der Waals surface area contributed by atoms with E-state index < -0.39 is 0 Å². The Morgan fingerprint density at radius 2 is 2.05 bits per heavy atom. The molecular weight excluding hydrogens is 391 g/mol. The van der Waals surface area contributed by atoms with Crippen LogP contribution in [0.15, 0.2) is 39.4 Å². The molecule has 0 saturated carbocycles. The first-order chi connectivity index (χ1) is 9.54. The molecule has 0 atom stereocenters. The van der Waals surface area contributed by atoms with Crippen LogP contribution in [0, 0.1) is 3.57 Å². The van der Waals surface area contributed by atoms with Crippen molar-refractivity contribution in [1.29, 1.82) is 0 Å². The molecule has 1 fully saturated rings. The maximum absolute atomic E-state index is 12.3. The van der Waals surface area contributed by atoms with E-state index in [0.717, 1.165) is 3.57 Å². The highest BCUT2D eigenvalue weighted by molar-refractivity contribution is 14.1. The van der Waals surface area contributed by atoms with Gasteiger partial charge in [-0.25, -0.2) is 0 Å². The molecule has 1 aromatic heterocycles. The number of rotatable bonds is 1. The lowest BCUT2D eigenvalue weighted by Crippen LogP contribution is -2.21. The molecule has 0 radical (unpaired) electrons. The van der Waals surface area contributed by atoms with Gasteiger partial charge in [0.2, 0.25) is 0 Å². The van der Waals surface area contributed by atoms with Crippen LogP contribution in [0.25, 0.3) is 17.0 Å². The first-order valence-electron chi connectivity index (χ1n) is 5.60. The number of benzene rings is 1. The van der Waals surface area contributed by atoms with Gasteiger partial charge >= 0.3 is 0 Å². The summed E-state index contributed by atoms with van der Waals surface area (Å²) >= 11 is 6.97. The third-order valence-electron chi connectivity index (χ3n) is 2.78. The number of thiocarbonyl (C=S) groups is 1. The summed E-state index contributed by atoms with van der Waals surface area (Å²) < 4.78 is 6.41. The smallest absolute Gasteiger partial charge is 0.273 e. The van der Waals surface area contributed by atoms with Gasteiger partial charge in [0.05, 0.1) is 10.9 Å². The van der Waals surface area contributed by atoms with E-state index >= 15 is 0 Å². The SMILES string of the molecule is O=C1NC(=S)NC1=Cc1coc2cc(I)ccc2c1=O. The maximum atomic E-state index is 12.3. The Balaban J connectivity index is 2.14. The predicted molar refractivity (Wildman–Crippen MR) is 87.1 cm³/mol. The minimum Gasteiger partial charge on any atom is -0.463 e. The Labute approximate surface area is 132 Å². The van der Waals surface area contributed by atoms with Gasteiger partial charge in [-0.3, -0.25) is 14.9 Å². The second-order valence-corrected chi connectivity index (χ2v) is 5.78. The highest BCUT2D eigenvalue weighted by Gasteiger charge is 2.20. The third-order valence-corrected chi connectivity index (χ3v) is 3.66. The normalized spacial score (nSPS) is 16.6. The summed E-state index contributed by atoms with van der Waals surface area (Å²) in [7, 11) is 0. The number of hydrogen-bond acceptors (Lipinski definition) is 4. The molecule has 0 spiro atoms. The number of hydrogen-bond donors (Lipinski definition) is 2. The first-order valence-corrected chi connectivity index (χ1v) is 7.08. The summed E-state index contributed by atoms with van der Waals surface area (Å²) in [6.45, 7) is 0. The molecule has 1 amide bonds. The lowest BCUT2D eigenvalue weighted by atomic mass is 10.1. The first kappa shape index (κ1) is 13.3. The molecule has 2 aromatic rings. The van der Waals surface area contributed by atoms with Gasteiger partial charge in [0.25, 0.3) is 5.91 Å². The van der Waals surface area contributed by atoms with Crippen LogP contribution in [0.4, 0.5) is 0 Å². The molecule has 1 saturated heterocycles. The second kappa shape index (κ2) is 4.98. The topological polar surface area (TPSA) is 71.3 Å². The zero-order chi connectivity index (χ0) is 14.3. The molecule has 0 aliphatic carbocycles. The van der Waals surface area contributed by atoms with Crippen LogP contribution in [0.5, 0.6) is 0 Å². The highest BCUT2D eigenvalue weighted by atomic mass is 127. The van der Waals surface area contributed by atoms with E-state index in [2.05, 4.69) is 33.2 Å². The van der Waals surface area contributed by atoms with Crippen molar-refractivity contribution < 1.29 is 9.21 Å². The Bertz CT molecular complexity index is 841. The average Bonchev–Trinajstić information content (AvgIpc) is 2.71. The maximum Gasteiger partial charge on any atom is 0.273 e. The summed E-state index contributed by atoms with van der Waals surface area (Å²) in [6.07, 6.45) is 2.77. The zero-order valence-electron chi connectivity index (χ0n) is 9.90. The largest absolute Gasteiger partial charge is 0.463 e. The van der Waals surface area contributed by atoms with Crippen LogP contribution >= 0.6 is 34.8 Å². The second-order valence-electron chi connectivity index (χ2n) is 4.13. The van der Waals surface area contributed by atoms with Crippen LogP contribution in [0.1, 0.15) is 5.56 Å². The molecule has 1 aliphatic rings. The quantitative estimate of drug-likeness (QED) is 0.435. The molecule has 7 heteroatoms. The molecule has 2 heterocycles. The van der Waals surface area contributed by atoms with Crippen molar-refractivity contribution in [3.8, 4) is 0 Å². The standard InChI is InChI=1S/C13H7IN2O3S/c14-7-1-2-8-10(4-7)19-5-6(11(8)17)3-9-12(18)16-13(20)15-9/h1-5H,(H2,15,16,18,20). The number of fused-ring (bicyclic) bond motifs is 1. The van der Waals surface area contributed by atoms with Crippen molar-refractivity contribution in [2.45, 2.75) is 0 Å². The summed E-state index contributed by atoms with van der Waals surface area (Å²) in [5.41, 5.74) is 0.846. The minimum atomic E-state index is -0.364. The van der Waals surface area contributed by atoms with Crippen molar-refractivity contribution in [1.82, 2.24) is 10.6 Å². The molecule has 100 valence electrons. The molecule has 1 aromatic carbocycles. The summed E-state index contributed by atoms with van der Waals surface area (Å²) in [5.74, 6) is -0.364. The van der Waals surface area contributed by atoms with Crippen LogP contribution in [0.3, 0.4) is 0 Å².